The molecule has 0 aliphatic heterocycles. The van der Waals surface area contributed by atoms with Crippen LogP contribution in [0.2, 0.25) is 0 Å². The first-order valence-electron chi connectivity index (χ1n) is 2.77. The molecule has 3 nitrogen and oxygen atoms in total. The number of alkyl halides is 3. The Balaban J connectivity index is 0.00000121. The molecule has 0 saturated carbocycles. The molecule has 0 saturated heterocycles. The molecule has 1 aromatic heterocycles. The van der Waals surface area contributed by atoms with Crippen LogP contribution in [-0.4, -0.2) is 23.0 Å². The van der Waals surface area contributed by atoms with Crippen molar-refractivity contribution in [3.63, 3.8) is 0 Å². The maximum atomic E-state index is 11.5. The average molecular weight is 203 g/mol. The van der Waals surface area contributed by atoms with Crippen molar-refractivity contribution in [1.82, 2.24) is 10.2 Å². The van der Waals surface area contributed by atoms with Gasteiger partial charge >= 0.3 is 6.18 Å². The van der Waals surface area contributed by atoms with Crippen LogP contribution in [0.25, 0.3) is 0 Å². The summed E-state index contributed by atoms with van der Waals surface area (Å²) >= 11 is 0. The third kappa shape index (κ3) is 4.07. The van der Waals surface area contributed by atoms with Gasteiger partial charge in [0.2, 0.25) is 5.88 Å². The van der Waals surface area contributed by atoms with Gasteiger partial charge in [0.25, 0.3) is 0 Å². The number of hydrogen-bond acceptors (Lipinski definition) is 2. The number of halogens is 4. The summed E-state index contributed by atoms with van der Waals surface area (Å²) in [5.74, 6) is 0.0160. The molecule has 0 radical (unpaired) electrons. The topological polar surface area (TPSA) is 37.9 Å². The van der Waals surface area contributed by atoms with E-state index in [1.165, 1.54) is 12.3 Å². The quantitative estimate of drug-likeness (QED) is 0.794. The van der Waals surface area contributed by atoms with Gasteiger partial charge in [-0.25, -0.2) is 5.10 Å². The number of hydrogen-bond donors (Lipinski definition) is 1. The molecule has 12 heavy (non-hydrogen) atoms. The van der Waals surface area contributed by atoms with E-state index in [4.69, 9.17) is 0 Å². The van der Waals surface area contributed by atoms with E-state index >= 15 is 0 Å². The van der Waals surface area contributed by atoms with Crippen molar-refractivity contribution in [2.75, 3.05) is 6.61 Å². The molecule has 70 valence electrons. The molecule has 0 aliphatic rings. The number of nitrogens with one attached hydrogen (secondary N) is 1. The molecule has 0 fully saturated rings. The highest BCUT2D eigenvalue weighted by Crippen LogP contribution is 2.15. The van der Waals surface area contributed by atoms with E-state index in [0.29, 0.717) is 0 Å². The second kappa shape index (κ2) is 4.20. The molecule has 1 N–H and O–H groups in total. The van der Waals surface area contributed by atoms with Crippen LogP contribution in [0.3, 0.4) is 0 Å². The largest absolute Gasteiger partial charge is 0.468 e. The lowest BCUT2D eigenvalue weighted by molar-refractivity contribution is -0.154. The first kappa shape index (κ1) is 11.1. The highest BCUT2D eigenvalue weighted by Gasteiger charge is 2.28. The summed E-state index contributed by atoms with van der Waals surface area (Å²) in [6.07, 6.45) is -2.99. The summed E-state index contributed by atoms with van der Waals surface area (Å²) < 4.78 is 38.7. The fraction of sp³-hybridized carbons (Fsp3) is 0.400. The molecule has 0 unspecified atom stereocenters. The molecule has 0 atom stereocenters. The van der Waals surface area contributed by atoms with Gasteiger partial charge in [-0.15, -0.1) is 12.4 Å². The normalized spacial score (nSPS) is 10.6. The predicted octanol–water partition coefficient (Wildman–Crippen LogP) is 1.77. The zero-order chi connectivity index (χ0) is 8.32. The van der Waals surface area contributed by atoms with E-state index in [1.807, 2.05) is 0 Å². The first-order valence-corrected chi connectivity index (χ1v) is 2.77. The van der Waals surface area contributed by atoms with Gasteiger partial charge in [0.15, 0.2) is 6.61 Å². The molecule has 1 rings (SSSR count). The maximum Gasteiger partial charge on any atom is 0.422 e. The molecule has 0 spiro atoms. The van der Waals surface area contributed by atoms with E-state index in [-0.39, 0.29) is 18.3 Å². The Labute approximate surface area is 72.3 Å². The van der Waals surface area contributed by atoms with Crippen molar-refractivity contribution in [1.29, 1.82) is 0 Å². The van der Waals surface area contributed by atoms with Crippen LogP contribution in [0.15, 0.2) is 12.3 Å². The van der Waals surface area contributed by atoms with E-state index in [0.717, 1.165) is 0 Å². The summed E-state index contributed by atoms with van der Waals surface area (Å²) in [7, 11) is 0. The summed E-state index contributed by atoms with van der Waals surface area (Å²) in [4.78, 5) is 0. The van der Waals surface area contributed by atoms with Crippen molar-refractivity contribution in [3.05, 3.63) is 12.3 Å². The number of aromatic amines is 1. The van der Waals surface area contributed by atoms with Gasteiger partial charge in [-0.2, -0.15) is 18.3 Å². The van der Waals surface area contributed by atoms with Gasteiger partial charge < -0.3 is 4.74 Å². The van der Waals surface area contributed by atoms with Crippen molar-refractivity contribution >= 4 is 12.4 Å². The van der Waals surface area contributed by atoms with Crippen LogP contribution < -0.4 is 4.74 Å². The third-order valence-electron chi connectivity index (χ3n) is 0.867. The molecule has 1 heterocycles. The van der Waals surface area contributed by atoms with E-state index in [1.54, 1.807) is 0 Å². The van der Waals surface area contributed by atoms with Crippen LogP contribution in [0.4, 0.5) is 13.2 Å². The fourth-order valence-corrected chi connectivity index (χ4v) is 0.483. The van der Waals surface area contributed by atoms with Crippen molar-refractivity contribution in [2.24, 2.45) is 0 Å². The number of aromatic nitrogens is 2. The number of H-pyrrole nitrogens is 1. The molecule has 0 aliphatic carbocycles. The van der Waals surface area contributed by atoms with Gasteiger partial charge in [0.05, 0.1) is 6.20 Å². The minimum atomic E-state index is -4.30. The van der Waals surface area contributed by atoms with Crippen LogP contribution in [0.5, 0.6) is 5.88 Å². The van der Waals surface area contributed by atoms with Crippen molar-refractivity contribution in [2.45, 2.75) is 6.18 Å². The van der Waals surface area contributed by atoms with Crippen molar-refractivity contribution < 1.29 is 17.9 Å². The van der Waals surface area contributed by atoms with Gasteiger partial charge in [0, 0.05) is 6.07 Å². The Morgan fingerprint density at radius 1 is 1.50 bits per heavy atom. The minimum Gasteiger partial charge on any atom is -0.468 e. The number of nitrogens with zero attached hydrogens (tertiary/aromatic N) is 1. The molecule has 1 aromatic rings. The van der Waals surface area contributed by atoms with Gasteiger partial charge in [-0.3, -0.25) is 0 Å². The molecular formula is C5H6ClF3N2O. The van der Waals surface area contributed by atoms with Crippen LogP contribution in [-0.2, 0) is 0 Å². The highest BCUT2D eigenvalue weighted by atomic mass is 35.5. The number of ether oxygens (including phenoxy) is 1. The summed E-state index contributed by atoms with van der Waals surface area (Å²) in [5.41, 5.74) is 0. The molecular weight excluding hydrogens is 197 g/mol. The standard InChI is InChI=1S/C5H5F3N2O.ClH/c6-5(7,8)3-11-4-1-2-9-10-4;/h1-2H,3H2,(H,9,10);1H. The van der Waals surface area contributed by atoms with Gasteiger partial charge in [-0.05, 0) is 0 Å². The fourth-order valence-electron chi connectivity index (χ4n) is 0.483. The Morgan fingerprint density at radius 2 is 2.17 bits per heavy atom. The Hall–Kier alpha value is -0.910. The maximum absolute atomic E-state index is 11.5. The van der Waals surface area contributed by atoms with E-state index in [2.05, 4.69) is 14.9 Å². The van der Waals surface area contributed by atoms with E-state index in [9.17, 15) is 13.2 Å². The van der Waals surface area contributed by atoms with Gasteiger partial charge in [-0.1, -0.05) is 0 Å². The highest BCUT2D eigenvalue weighted by molar-refractivity contribution is 5.85. The molecule has 0 aromatic carbocycles. The first-order chi connectivity index (χ1) is 5.08. The van der Waals surface area contributed by atoms with E-state index < -0.39 is 12.8 Å². The Kier molecular flexibility index (Phi) is 3.88. The molecule has 0 amide bonds. The average Bonchev–Trinajstić information content (AvgIpc) is 2.32. The predicted molar refractivity (Wildman–Crippen MR) is 37.4 cm³/mol. The van der Waals surface area contributed by atoms with Gasteiger partial charge in [0.1, 0.15) is 0 Å². The SMILES string of the molecule is Cl.FC(F)(F)COc1ccn[nH]1. The minimum absolute atomic E-state index is 0. The Bertz CT molecular complexity index is 211. The van der Waals surface area contributed by atoms with Crippen LogP contribution >= 0.6 is 12.4 Å². The van der Waals surface area contributed by atoms with Crippen LogP contribution in [0.1, 0.15) is 0 Å². The molecule has 7 heteroatoms. The lowest BCUT2D eigenvalue weighted by Crippen LogP contribution is -2.19. The smallest absolute Gasteiger partial charge is 0.422 e. The lowest BCUT2D eigenvalue weighted by Gasteiger charge is -2.05. The zero-order valence-corrected chi connectivity index (χ0v) is 6.58. The van der Waals surface area contributed by atoms with Crippen molar-refractivity contribution in [3.8, 4) is 5.88 Å². The molecule has 0 bridgehead atoms. The summed E-state index contributed by atoms with van der Waals surface area (Å²) in [6, 6.07) is 1.31. The number of rotatable bonds is 2. The zero-order valence-electron chi connectivity index (χ0n) is 5.76. The lowest BCUT2D eigenvalue weighted by atomic mass is 10.6. The summed E-state index contributed by atoms with van der Waals surface area (Å²) in [5, 5.41) is 5.64. The third-order valence-corrected chi connectivity index (χ3v) is 0.867. The second-order valence-corrected chi connectivity index (χ2v) is 1.82. The van der Waals surface area contributed by atoms with Crippen LogP contribution in [0, 0.1) is 0 Å². The monoisotopic (exact) mass is 202 g/mol. The second-order valence-electron chi connectivity index (χ2n) is 1.82. The summed E-state index contributed by atoms with van der Waals surface area (Å²) in [6.45, 7) is -1.30. The Morgan fingerprint density at radius 3 is 2.58 bits per heavy atom.